The van der Waals surface area contributed by atoms with E-state index in [9.17, 15) is 0 Å². The average Bonchev–Trinajstić information content (AvgIpc) is 2.62. The Morgan fingerprint density at radius 2 is 2.56 bits per heavy atom. The number of alkyl halides is 1. The molecule has 56 valence electrons. The third-order valence-corrected chi connectivity index (χ3v) is 6.38. The Hall–Kier alpha value is 1.12. The average molecular weight is 258 g/mol. The van der Waals surface area contributed by atoms with E-state index in [-0.39, 0.29) is 0 Å². The van der Waals surface area contributed by atoms with Gasteiger partial charge in [0.05, 0.1) is 0 Å². The van der Waals surface area contributed by atoms with Crippen molar-refractivity contribution in [2.45, 2.75) is 16.8 Å². The summed E-state index contributed by atoms with van der Waals surface area (Å²) in [5.74, 6) is 1.10. The summed E-state index contributed by atoms with van der Waals surface area (Å²) in [6.07, 6.45) is 2.94. The quantitative estimate of drug-likeness (QED) is 0.345. The van der Waals surface area contributed by atoms with E-state index in [0.717, 1.165) is 9.84 Å². The number of nitrogens with one attached hydrogen (secondary N) is 1. The summed E-state index contributed by atoms with van der Waals surface area (Å²) in [6.45, 7) is 4.15. The van der Waals surface area contributed by atoms with Gasteiger partial charge in [0, 0.05) is 0 Å². The predicted molar refractivity (Wildman–Crippen MR) is 40.1 cm³/mol. The van der Waals surface area contributed by atoms with Crippen molar-refractivity contribution < 1.29 is 20.7 Å². The summed E-state index contributed by atoms with van der Waals surface area (Å²) in [4.78, 5) is 0. The van der Waals surface area contributed by atoms with Gasteiger partial charge in [-0.25, -0.2) is 0 Å². The summed E-state index contributed by atoms with van der Waals surface area (Å²) >= 11 is 0.490. The van der Waals surface area contributed by atoms with Crippen LogP contribution in [0.4, 0.5) is 0 Å². The monoisotopic (exact) mass is 258 g/mol. The van der Waals surface area contributed by atoms with Crippen LogP contribution in [-0.2, 0) is 0 Å². The van der Waals surface area contributed by atoms with Gasteiger partial charge in [-0.3, -0.25) is 0 Å². The standard InChI is InChI=1S/C6H14INP/c1-8-3-2-5-4-6(5)7-9/h5-6,8H,2-4,9H2,1H3/q-1. The van der Waals surface area contributed by atoms with Crippen LogP contribution in [0.15, 0.2) is 0 Å². The molecule has 0 spiro atoms. The molecule has 1 saturated carbocycles. The molecule has 1 rings (SSSR count). The van der Waals surface area contributed by atoms with Crippen LogP contribution in [0.1, 0.15) is 12.8 Å². The Balaban J connectivity index is 1.92. The molecule has 9 heavy (non-hydrogen) atoms. The number of hydrogen-bond donors (Lipinski definition) is 1. The van der Waals surface area contributed by atoms with Crippen LogP contribution in [0, 0.1) is 5.92 Å². The van der Waals surface area contributed by atoms with E-state index in [1.807, 2.05) is 7.05 Å². The first-order valence-electron chi connectivity index (χ1n) is 3.35. The fourth-order valence-electron chi connectivity index (χ4n) is 0.993. The van der Waals surface area contributed by atoms with Crippen molar-refractivity contribution >= 4 is 6.88 Å². The molecule has 0 radical (unpaired) electrons. The number of rotatable bonds is 4. The molecule has 1 nitrogen and oxygen atoms in total. The SMILES string of the molecule is CNCCC1CC1[I-]P. The Labute approximate surface area is 69.2 Å². The molecule has 3 heteroatoms. The van der Waals surface area contributed by atoms with Crippen LogP contribution in [0.2, 0.25) is 0 Å². The van der Waals surface area contributed by atoms with E-state index in [2.05, 4.69) is 12.2 Å². The van der Waals surface area contributed by atoms with E-state index in [1.54, 1.807) is 0 Å². The van der Waals surface area contributed by atoms with Gasteiger partial charge in [-0.2, -0.15) is 0 Å². The first kappa shape index (κ1) is 8.22. The zero-order valence-electron chi connectivity index (χ0n) is 5.73. The molecule has 1 fully saturated rings. The Kier molecular flexibility index (Phi) is 3.74. The molecule has 3 unspecified atom stereocenters. The maximum atomic E-state index is 3.19. The second-order valence-electron chi connectivity index (χ2n) is 2.53. The van der Waals surface area contributed by atoms with Gasteiger partial charge >= 0.3 is 69.1 Å². The van der Waals surface area contributed by atoms with Crippen LogP contribution in [0.5, 0.6) is 0 Å². The van der Waals surface area contributed by atoms with Crippen LogP contribution < -0.4 is 26.0 Å². The first-order valence-corrected chi connectivity index (χ1v) is 8.77. The fourth-order valence-corrected chi connectivity index (χ4v) is 4.96. The summed E-state index contributed by atoms with van der Waals surface area (Å²) in [6, 6.07) is 0. The molecule has 0 aromatic rings. The molecule has 0 aliphatic heterocycles. The Morgan fingerprint density at radius 3 is 3.00 bits per heavy atom. The third kappa shape index (κ3) is 2.69. The third-order valence-electron chi connectivity index (χ3n) is 1.76. The Bertz CT molecular complexity index is 89.1. The minimum atomic E-state index is 0.490. The van der Waals surface area contributed by atoms with E-state index in [4.69, 9.17) is 0 Å². The molecule has 0 saturated heterocycles. The van der Waals surface area contributed by atoms with Crippen molar-refractivity contribution in [3.05, 3.63) is 0 Å². The molecule has 0 bridgehead atoms. The molecular formula is C6H14INP-. The Morgan fingerprint density at radius 1 is 1.78 bits per heavy atom. The molecule has 3 atom stereocenters. The van der Waals surface area contributed by atoms with Crippen molar-refractivity contribution in [2.24, 2.45) is 5.92 Å². The van der Waals surface area contributed by atoms with E-state index in [1.165, 1.54) is 19.4 Å². The maximum absolute atomic E-state index is 3.19. The summed E-state index contributed by atoms with van der Waals surface area (Å²) in [5.41, 5.74) is 0. The van der Waals surface area contributed by atoms with Gasteiger partial charge in [0.15, 0.2) is 0 Å². The van der Waals surface area contributed by atoms with Gasteiger partial charge in [-0.15, -0.1) is 0 Å². The zero-order valence-corrected chi connectivity index (χ0v) is 9.04. The minimum absolute atomic E-state index is 0.490. The van der Waals surface area contributed by atoms with Gasteiger partial charge in [-0.05, 0) is 0 Å². The second-order valence-corrected chi connectivity index (χ2v) is 6.54. The normalized spacial score (nSPS) is 33.1. The van der Waals surface area contributed by atoms with E-state index < -0.39 is 0 Å². The zero-order chi connectivity index (χ0) is 6.69. The molecule has 0 aromatic carbocycles. The molecule has 1 aliphatic carbocycles. The topological polar surface area (TPSA) is 12.0 Å². The molecule has 1 aliphatic rings. The molecule has 1 N–H and O–H groups in total. The van der Waals surface area contributed by atoms with Gasteiger partial charge in [0.25, 0.3) is 0 Å². The van der Waals surface area contributed by atoms with Gasteiger partial charge in [-0.1, -0.05) is 0 Å². The number of hydrogen-bond acceptors (Lipinski definition) is 1. The fraction of sp³-hybridized carbons (Fsp3) is 1.00. The van der Waals surface area contributed by atoms with Crippen molar-refractivity contribution in [3.63, 3.8) is 0 Å². The van der Waals surface area contributed by atoms with Crippen LogP contribution >= 0.6 is 6.88 Å². The van der Waals surface area contributed by atoms with Gasteiger partial charge in [0.1, 0.15) is 0 Å². The van der Waals surface area contributed by atoms with E-state index >= 15 is 0 Å². The predicted octanol–water partition coefficient (Wildman–Crippen LogP) is -2.14. The first-order chi connectivity index (χ1) is 4.38. The summed E-state index contributed by atoms with van der Waals surface area (Å²) in [5, 5.41) is 3.19. The van der Waals surface area contributed by atoms with Crippen molar-refractivity contribution in [2.75, 3.05) is 13.6 Å². The van der Waals surface area contributed by atoms with Crippen molar-refractivity contribution in [3.8, 4) is 0 Å². The molecule has 0 heterocycles. The van der Waals surface area contributed by atoms with Crippen LogP contribution in [-0.4, -0.2) is 17.5 Å². The van der Waals surface area contributed by atoms with Crippen LogP contribution in [0.25, 0.3) is 0 Å². The molecule has 0 aromatic heterocycles. The van der Waals surface area contributed by atoms with Crippen molar-refractivity contribution in [1.29, 1.82) is 0 Å². The summed E-state index contributed by atoms with van der Waals surface area (Å²) < 4.78 is 1.15. The van der Waals surface area contributed by atoms with Gasteiger partial charge in [0.2, 0.25) is 0 Å². The van der Waals surface area contributed by atoms with Gasteiger partial charge < -0.3 is 0 Å². The number of halogens is 1. The molecular weight excluding hydrogens is 244 g/mol. The van der Waals surface area contributed by atoms with E-state index in [0.29, 0.717) is 20.7 Å². The van der Waals surface area contributed by atoms with Crippen molar-refractivity contribution in [1.82, 2.24) is 5.32 Å². The second kappa shape index (κ2) is 4.09. The van der Waals surface area contributed by atoms with Crippen LogP contribution in [0.3, 0.4) is 0 Å². The summed E-state index contributed by atoms with van der Waals surface area (Å²) in [7, 11) is 2.03. The molecule has 0 amide bonds.